The number of ether oxygens (including phenoxy) is 2. The molecule has 1 aromatic carbocycles. The molecule has 0 fully saturated rings. The maximum absolute atomic E-state index is 10.9. The van der Waals surface area contributed by atoms with E-state index in [9.17, 15) is 4.79 Å². The number of rotatable bonds is 7. The monoisotopic (exact) mass is 302 g/mol. The number of benzene rings is 1. The van der Waals surface area contributed by atoms with Crippen LogP contribution < -0.4 is 4.74 Å². The standard InChI is InChI=1S/C12H15BrO4/c1-2-5-16-6-7-17-11-8-9(13)3-4-10(11)12(14)15/h3-4,8H,2,5-7H2,1H3,(H,14,15). The van der Waals surface area contributed by atoms with E-state index < -0.39 is 5.97 Å². The number of carboxylic acids is 1. The van der Waals surface area contributed by atoms with Crippen LogP contribution in [0.2, 0.25) is 0 Å². The van der Waals surface area contributed by atoms with E-state index in [1.807, 2.05) is 6.92 Å². The molecule has 4 nitrogen and oxygen atoms in total. The maximum Gasteiger partial charge on any atom is 0.339 e. The Morgan fingerprint density at radius 1 is 1.35 bits per heavy atom. The Balaban J connectivity index is 2.56. The molecule has 0 saturated heterocycles. The minimum absolute atomic E-state index is 0.156. The highest BCUT2D eigenvalue weighted by Crippen LogP contribution is 2.23. The molecule has 0 spiro atoms. The zero-order valence-corrected chi connectivity index (χ0v) is 11.2. The third-order valence-corrected chi connectivity index (χ3v) is 2.50. The Kier molecular flexibility index (Phi) is 6.00. The Labute approximate surface area is 109 Å². The Hall–Kier alpha value is -1.07. The third kappa shape index (κ3) is 4.75. The highest BCUT2D eigenvalue weighted by Gasteiger charge is 2.11. The molecular formula is C12H15BrO4. The largest absolute Gasteiger partial charge is 0.490 e. The van der Waals surface area contributed by atoms with Gasteiger partial charge in [-0.05, 0) is 24.6 Å². The summed E-state index contributed by atoms with van der Waals surface area (Å²) in [5.74, 6) is -0.644. The van der Waals surface area contributed by atoms with Crippen LogP contribution in [-0.4, -0.2) is 30.9 Å². The lowest BCUT2D eigenvalue weighted by molar-refractivity contribution is 0.0685. The summed E-state index contributed by atoms with van der Waals surface area (Å²) in [6.45, 7) is 3.52. The van der Waals surface area contributed by atoms with Crippen LogP contribution >= 0.6 is 15.9 Å². The number of halogens is 1. The first-order chi connectivity index (χ1) is 8.15. The second kappa shape index (κ2) is 7.29. The van der Waals surface area contributed by atoms with Crippen LogP contribution in [0.25, 0.3) is 0 Å². The molecule has 0 radical (unpaired) electrons. The Bertz CT molecular complexity index is 379. The zero-order valence-electron chi connectivity index (χ0n) is 9.61. The lowest BCUT2D eigenvalue weighted by Gasteiger charge is -2.09. The molecule has 0 aromatic heterocycles. The van der Waals surface area contributed by atoms with Crippen LogP contribution in [0.1, 0.15) is 23.7 Å². The topological polar surface area (TPSA) is 55.8 Å². The van der Waals surface area contributed by atoms with Gasteiger partial charge >= 0.3 is 5.97 Å². The molecule has 17 heavy (non-hydrogen) atoms. The lowest BCUT2D eigenvalue weighted by atomic mass is 10.2. The highest BCUT2D eigenvalue weighted by molar-refractivity contribution is 9.10. The number of carboxylic acid groups (broad SMARTS) is 1. The van der Waals surface area contributed by atoms with E-state index in [2.05, 4.69) is 15.9 Å². The summed E-state index contributed by atoms with van der Waals surface area (Å²) in [4.78, 5) is 10.9. The van der Waals surface area contributed by atoms with Crippen LogP contribution in [-0.2, 0) is 4.74 Å². The Morgan fingerprint density at radius 2 is 2.12 bits per heavy atom. The molecule has 1 rings (SSSR count). The van der Waals surface area contributed by atoms with E-state index in [1.54, 1.807) is 12.1 Å². The fourth-order valence-corrected chi connectivity index (χ4v) is 1.59. The van der Waals surface area contributed by atoms with Gasteiger partial charge in [-0.3, -0.25) is 0 Å². The smallest absolute Gasteiger partial charge is 0.339 e. The van der Waals surface area contributed by atoms with Gasteiger partial charge in [0.1, 0.15) is 17.9 Å². The third-order valence-electron chi connectivity index (χ3n) is 2.01. The van der Waals surface area contributed by atoms with Crippen molar-refractivity contribution in [2.75, 3.05) is 19.8 Å². The molecule has 5 heteroatoms. The van der Waals surface area contributed by atoms with Crippen molar-refractivity contribution in [1.29, 1.82) is 0 Å². The predicted molar refractivity (Wildman–Crippen MR) is 67.7 cm³/mol. The van der Waals surface area contributed by atoms with E-state index in [0.717, 1.165) is 10.9 Å². The SMILES string of the molecule is CCCOCCOc1cc(Br)ccc1C(=O)O. The maximum atomic E-state index is 10.9. The van der Waals surface area contributed by atoms with Gasteiger partial charge in [-0.25, -0.2) is 4.79 Å². The minimum Gasteiger partial charge on any atom is -0.490 e. The molecular weight excluding hydrogens is 288 g/mol. The molecule has 0 atom stereocenters. The predicted octanol–water partition coefficient (Wildman–Crippen LogP) is 2.95. The molecule has 0 aliphatic carbocycles. The minimum atomic E-state index is -0.998. The van der Waals surface area contributed by atoms with Crippen molar-refractivity contribution in [2.45, 2.75) is 13.3 Å². The van der Waals surface area contributed by atoms with Crippen LogP contribution in [0.4, 0.5) is 0 Å². The highest BCUT2D eigenvalue weighted by atomic mass is 79.9. The van der Waals surface area contributed by atoms with Gasteiger partial charge in [0.2, 0.25) is 0 Å². The quantitative estimate of drug-likeness (QED) is 0.787. The van der Waals surface area contributed by atoms with E-state index in [0.29, 0.717) is 25.6 Å². The first-order valence-corrected chi connectivity index (χ1v) is 6.18. The number of hydrogen-bond acceptors (Lipinski definition) is 3. The fraction of sp³-hybridized carbons (Fsp3) is 0.417. The van der Waals surface area contributed by atoms with Crippen molar-refractivity contribution in [3.63, 3.8) is 0 Å². The van der Waals surface area contributed by atoms with Crippen molar-refractivity contribution in [3.8, 4) is 5.75 Å². The van der Waals surface area contributed by atoms with Crippen LogP contribution in [0.15, 0.2) is 22.7 Å². The van der Waals surface area contributed by atoms with E-state index in [4.69, 9.17) is 14.6 Å². The van der Waals surface area contributed by atoms with Crippen LogP contribution in [0.5, 0.6) is 5.75 Å². The van der Waals surface area contributed by atoms with Gasteiger partial charge < -0.3 is 14.6 Å². The van der Waals surface area contributed by atoms with E-state index in [1.165, 1.54) is 6.07 Å². The molecule has 1 N–H and O–H groups in total. The first-order valence-electron chi connectivity index (χ1n) is 5.38. The lowest BCUT2D eigenvalue weighted by Crippen LogP contribution is -2.09. The summed E-state index contributed by atoms with van der Waals surface area (Å²) in [6.07, 6.45) is 0.956. The summed E-state index contributed by atoms with van der Waals surface area (Å²) in [5.41, 5.74) is 0.156. The van der Waals surface area contributed by atoms with Gasteiger partial charge in [-0.2, -0.15) is 0 Å². The van der Waals surface area contributed by atoms with Gasteiger partial charge in [0.25, 0.3) is 0 Å². The second-order valence-corrected chi connectivity index (χ2v) is 4.32. The van der Waals surface area contributed by atoms with Gasteiger partial charge in [-0.1, -0.05) is 22.9 Å². The normalized spacial score (nSPS) is 10.2. The molecule has 0 amide bonds. The molecule has 94 valence electrons. The summed E-state index contributed by atoms with van der Waals surface area (Å²) < 4.78 is 11.4. The average molecular weight is 303 g/mol. The van der Waals surface area contributed by atoms with Crippen molar-refractivity contribution >= 4 is 21.9 Å². The average Bonchev–Trinajstić information content (AvgIpc) is 2.28. The van der Waals surface area contributed by atoms with Crippen LogP contribution in [0.3, 0.4) is 0 Å². The first kappa shape index (κ1) is 14.0. The second-order valence-electron chi connectivity index (χ2n) is 3.41. The van der Waals surface area contributed by atoms with E-state index in [-0.39, 0.29) is 5.56 Å². The summed E-state index contributed by atoms with van der Waals surface area (Å²) in [6, 6.07) is 4.82. The number of carbonyl (C=O) groups is 1. The van der Waals surface area contributed by atoms with Crippen molar-refractivity contribution in [1.82, 2.24) is 0 Å². The fourth-order valence-electron chi connectivity index (χ4n) is 1.25. The van der Waals surface area contributed by atoms with Gasteiger partial charge in [0.05, 0.1) is 6.61 Å². The van der Waals surface area contributed by atoms with E-state index >= 15 is 0 Å². The van der Waals surface area contributed by atoms with Gasteiger partial charge in [0.15, 0.2) is 0 Å². The van der Waals surface area contributed by atoms with Gasteiger partial charge in [-0.15, -0.1) is 0 Å². The van der Waals surface area contributed by atoms with Crippen molar-refractivity contribution in [2.24, 2.45) is 0 Å². The Morgan fingerprint density at radius 3 is 2.76 bits per heavy atom. The molecule has 0 bridgehead atoms. The molecule has 0 aliphatic heterocycles. The van der Waals surface area contributed by atoms with Crippen molar-refractivity contribution in [3.05, 3.63) is 28.2 Å². The zero-order chi connectivity index (χ0) is 12.7. The summed E-state index contributed by atoms with van der Waals surface area (Å²) in [5, 5.41) is 8.97. The number of aromatic carboxylic acids is 1. The molecule has 0 unspecified atom stereocenters. The molecule has 0 aliphatic rings. The van der Waals surface area contributed by atoms with Crippen LogP contribution in [0, 0.1) is 0 Å². The molecule has 1 aromatic rings. The summed E-state index contributed by atoms with van der Waals surface area (Å²) >= 11 is 3.28. The summed E-state index contributed by atoms with van der Waals surface area (Å²) in [7, 11) is 0. The van der Waals surface area contributed by atoms with Crippen molar-refractivity contribution < 1.29 is 19.4 Å². The van der Waals surface area contributed by atoms with Gasteiger partial charge in [0, 0.05) is 11.1 Å². The number of hydrogen-bond donors (Lipinski definition) is 1. The molecule has 0 heterocycles. The molecule has 0 saturated carbocycles.